The summed E-state index contributed by atoms with van der Waals surface area (Å²) in [6, 6.07) is 72.0. The summed E-state index contributed by atoms with van der Waals surface area (Å²) in [6.45, 7) is 0. The highest BCUT2D eigenvalue weighted by Crippen LogP contribution is 2.53. The molecule has 0 unspecified atom stereocenters. The van der Waals surface area contributed by atoms with Crippen molar-refractivity contribution in [2.24, 2.45) is 0 Å². The highest BCUT2D eigenvalue weighted by molar-refractivity contribution is 6.28. The van der Waals surface area contributed by atoms with Crippen LogP contribution in [0.3, 0.4) is 0 Å². The molecule has 0 spiro atoms. The Morgan fingerprint density at radius 2 is 0.821 bits per heavy atom. The van der Waals surface area contributed by atoms with Gasteiger partial charge in [0.2, 0.25) is 0 Å². The monoisotopic (exact) mass is 708 g/mol. The number of hydrogen-bond acceptors (Lipinski definition) is 0. The summed E-state index contributed by atoms with van der Waals surface area (Å²) in [5.41, 5.74) is 15.0. The Bertz CT molecular complexity index is 3650. The number of aromatic nitrogens is 2. The van der Waals surface area contributed by atoms with Gasteiger partial charge in [-0.05, 0) is 97.9 Å². The van der Waals surface area contributed by atoms with E-state index >= 15 is 0 Å². The maximum absolute atomic E-state index is 2.55. The van der Waals surface area contributed by atoms with Crippen LogP contribution < -0.4 is 0 Å². The fourth-order valence-corrected chi connectivity index (χ4v) is 10.0. The third-order valence-corrected chi connectivity index (χ3v) is 12.4. The van der Waals surface area contributed by atoms with Crippen molar-refractivity contribution in [2.75, 3.05) is 0 Å². The highest BCUT2D eigenvalue weighted by Gasteiger charge is 2.28. The molecular weight excluding hydrogens is 677 g/mol. The second-order valence-corrected chi connectivity index (χ2v) is 15.2. The lowest BCUT2D eigenvalue weighted by Gasteiger charge is -2.18. The summed E-state index contributed by atoms with van der Waals surface area (Å²) in [5, 5.41) is 12.7. The van der Waals surface area contributed by atoms with Crippen molar-refractivity contribution in [3.8, 4) is 44.8 Å². The van der Waals surface area contributed by atoms with E-state index in [1.165, 1.54) is 121 Å². The molecule has 13 rings (SSSR count). The van der Waals surface area contributed by atoms with Gasteiger partial charge in [0.25, 0.3) is 0 Å². The van der Waals surface area contributed by atoms with Gasteiger partial charge in [-0.2, -0.15) is 0 Å². The Hall–Kier alpha value is -7.42. The molecule has 2 nitrogen and oxygen atoms in total. The molecule has 0 bridgehead atoms. The Morgan fingerprint density at radius 3 is 1.57 bits per heavy atom. The van der Waals surface area contributed by atoms with Crippen LogP contribution in [0.1, 0.15) is 0 Å². The van der Waals surface area contributed by atoms with E-state index < -0.39 is 0 Å². The van der Waals surface area contributed by atoms with Crippen LogP contribution in [-0.2, 0) is 0 Å². The minimum atomic E-state index is 1.18. The third kappa shape index (κ3) is 3.95. The number of nitrogens with zero attached hydrogens (tertiary/aromatic N) is 2. The molecule has 2 heteroatoms. The van der Waals surface area contributed by atoms with E-state index in [2.05, 4.69) is 203 Å². The molecule has 0 saturated heterocycles. The lowest BCUT2D eigenvalue weighted by atomic mass is 9.94. The lowest BCUT2D eigenvalue weighted by molar-refractivity contribution is 1.19. The molecule has 2 heterocycles. The first-order valence-corrected chi connectivity index (χ1v) is 19.4. The molecule has 2 aromatic heterocycles. The molecule has 0 radical (unpaired) electrons. The lowest BCUT2D eigenvalue weighted by Crippen LogP contribution is -1.99. The first-order valence-electron chi connectivity index (χ1n) is 19.4. The average molecular weight is 709 g/mol. The van der Waals surface area contributed by atoms with Gasteiger partial charge in [-0.25, -0.2) is 0 Å². The van der Waals surface area contributed by atoms with Crippen LogP contribution in [0, 0.1) is 0 Å². The zero-order chi connectivity index (χ0) is 36.5. The van der Waals surface area contributed by atoms with Crippen molar-refractivity contribution in [1.82, 2.24) is 9.13 Å². The molecule has 258 valence electrons. The SMILES string of the molecule is c1ccc2c(c1)-c1cccc3c1c-2c(-n1c2ccccc2c2cc(-c4ccc5c(c4)c4ccccc4n5-c4ccc5ccccc5c4)ccc21)c1ccccc13. The van der Waals surface area contributed by atoms with E-state index in [4.69, 9.17) is 0 Å². The van der Waals surface area contributed by atoms with Gasteiger partial charge < -0.3 is 9.13 Å². The number of rotatable bonds is 3. The summed E-state index contributed by atoms with van der Waals surface area (Å²) >= 11 is 0. The molecular formula is C54H32N2. The van der Waals surface area contributed by atoms with E-state index in [0.717, 1.165) is 0 Å². The van der Waals surface area contributed by atoms with Gasteiger partial charge in [0.15, 0.2) is 0 Å². The molecule has 0 atom stereocenters. The molecule has 0 fully saturated rings. The fraction of sp³-hybridized carbons (Fsp3) is 0. The van der Waals surface area contributed by atoms with Crippen LogP contribution >= 0.6 is 0 Å². The summed E-state index contributed by atoms with van der Waals surface area (Å²) in [5.74, 6) is 0. The van der Waals surface area contributed by atoms with Crippen LogP contribution in [0.25, 0.3) is 121 Å². The molecule has 10 aromatic carbocycles. The van der Waals surface area contributed by atoms with Gasteiger partial charge in [-0.1, -0.05) is 146 Å². The Labute approximate surface area is 322 Å². The maximum Gasteiger partial charge on any atom is 0.0625 e. The highest BCUT2D eigenvalue weighted by atomic mass is 15.0. The predicted molar refractivity (Wildman–Crippen MR) is 238 cm³/mol. The van der Waals surface area contributed by atoms with Crippen LogP contribution in [0.4, 0.5) is 0 Å². The molecule has 0 amide bonds. The van der Waals surface area contributed by atoms with Gasteiger partial charge in [0, 0.05) is 43.6 Å². The second-order valence-electron chi connectivity index (χ2n) is 15.2. The number of hydrogen-bond donors (Lipinski definition) is 0. The quantitative estimate of drug-likeness (QED) is 0.162. The molecule has 0 N–H and O–H groups in total. The van der Waals surface area contributed by atoms with E-state index in [-0.39, 0.29) is 0 Å². The molecule has 0 aliphatic heterocycles. The normalized spacial score (nSPS) is 12.3. The molecule has 1 aliphatic carbocycles. The molecule has 12 aromatic rings. The molecule has 1 aliphatic rings. The summed E-state index contributed by atoms with van der Waals surface area (Å²) in [7, 11) is 0. The minimum absolute atomic E-state index is 1.18. The van der Waals surface area contributed by atoms with E-state index in [0.29, 0.717) is 0 Å². The van der Waals surface area contributed by atoms with Crippen molar-refractivity contribution >= 4 is 75.9 Å². The fourth-order valence-electron chi connectivity index (χ4n) is 10.0. The number of para-hydroxylation sites is 2. The average Bonchev–Trinajstić information content (AvgIpc) is 3.90. The number of benzene rings is 10. The Balaban J connectivity index is 1.06. The zero-order valence-corrected chi connectivity index (χ0v) is 30.4. The second kappa shape index (κ2) is 11.1. The van der Waals surface area contributed by atoms with Crippen LogP contribution in [0.2, 0.25) is 0 Å². The Morgan fingerprint density at radius 1 is 0.286 bits per heavy atom. The van der Waals surface area contributed by atoms with Gasteiger partial charge >= 0.3 is 0 Å². The van der Waals surface area contributed by atoms with Crippen molar-refractivity contribution in [3.05, 3.63) is 194 Å². The maximum atomic E-state index is 2.55. The van der Waals surface area contributed by atoms with Crippen LogP contribution in [0.5, 0.6) is 0 Å². The first-order chi connectivity index (χ1) is 27.8. The van der Waals surface area contributed by atoms with Gasteiger partial charge in [-0.3, -0.25) is 0 Å². The minimum Gasteiger partial charge on any atom is -0.309 e. The summed E-state index contributed by atoms with van der Waals surface area (Å²) < 4.78 is 4.96. The van der Waals surface area contributed by atoms with Crippen molar-refractivity contribution < 1.29 is 0 Å². The van der Waals surface area contributed by atoms with Gasteiger partial charge in [0.05, 0.1) is 27.8 Å². The predicted octanol–water partition coefficient (Wildman–Crippen LogP) is 14.7. The molecule has 0 saturated carbocycles. The van der Waals surface area contributed by atoms with Gasteiger partial charge in [-0.15, -0.1) is 0 Å². The van der Waals surface area contributed by atoms with E-state index in [1.54, 1.807) is 0 Å². The third-order valence-electron chi connectivity index (χ3n) is 12.4. The largest absolute Gasteiger partial charge is 0.309 e. The summed E-state index contributed by atoms with van der Waals surface area (Å²) in [4.78, 5) is 0. The first kappa shape index (κ1) is 30.0. The number of fused-ring (bicyclic) bond motifs is 12. The topological polar surface area (TPSA) is 9.86 Å². The van der Waals surface area contributed by atoms with E-state index in [9.17, 15) is 0 Å². The van der Waals surface area contributed by atoms with Crippen LogP contribution in [0.15, 0.2) is 194 Å². The summed E-state index contributed by atoms with van der Waals surface area (Å²) in [6.07, 6.45) is 0. The zero-order valence-electron chi connectivity index (χ0n) is 30.4. The Kier molecular flexibility index (Phi) is 5.92. The van der Waals surface area contributed by atoms with Crippen LogP contribution in [-0.4, -0.2) is 9.13 Å². The van der Waals surface area contributed by atoms with Crippen molar-refractivity contribution in [1.29, 1.82) is 0 Å². The van der Waals surface area contributed by atoms with Gasteiger partial charge in [0.1, 0.15) is 0 Å². The van der Waals surface area contributed by atoms with E-state index in [1.807, 2.05) is 0 Å². The standard InChI is InChI=1S/C54H32N2/c1-2-13-34-30-37(27-24-33(34)12-1)55-48-22-9-7-16-40(48)46-31-35(25-28-50(46)55)36-26-29-51-47(32-36)41-17-8-10-23-49(41)56(51)54-45-19-6-4-15-39(45)43-21-11-20-42-38-14-3-5-18-44(38)53(54)52(42)43/h1-32H. The van der Waals surface area contributed by atoms with Crippen molar-refractivity contribution in [2.45, 2.75) is 0 Å². The molecule has 56 heavy (non-hydrogen) atoms. The smallest absolute Gasteiger partial charge is 0.0625 e. The van der Waals surface area contributed by atoms with Crippen molar-refractivity contribution in [3.63, 3.8) is 0 Å².